The van der Waals surface area contributed by atoms with Gasteiger partial charge in [0.2, 0.25) is 0 Å². The zero-order valence-electron chi connectivity index (χ0n) is 13.1. The van der Waals surface area contributed by atoms with Crippen LogP contribution >= 0.6 is 0 Å². The van der Waals surface area contributed by atoms with Gasteiger partial charge in [-0.25, -0.2) is 0 Å². The van der Waals surface area contributed by atoms with Crippen LogP contribution in [0.1, 0.15) is 63.3 Å². The van der Waals surface area contributed by atoms with Crippen molar-refractivity contribution in [3.05, 3.63) is 53.3 Å². The van der Waals surface area contributed by atoms with Gasteiger partial charge >= 0.3 is 0 Å². The summed E-state index contributed by atoms with van der Waals surface area (Å²) in [5.74, 6) is 0.952. The zero-order valence-corrected chi connectivity index (χ0v) is 13.1. The summed E-state index contributed by atoms with van der Waals surface area (Å²) in [4.78, 5) is 8.15. The van der Waals surface area contributed by atoms with Gasteiger partial charge in [0.25, 0.3) is 0 Å². The Balaban J connectivity index is 2.56. The molecule has 0 radical (unpaired) electrons. The molecule has 0 aliphatic heterocycles. The summed E-state index contributed by atoms with van der Waals surface area (Å²) in [7, 11) is 0. The lowest BCUT2D eigenvalue weighted by Crippen LogP contribution is -1.99. The van der Waals surface area contributed by atoms with Crippen molar-refractivity contribution in [3.8, 4) is 0 Å². The van der Waals surface area contributed by atoms with E-state index in [9.17, 15) is 0 Å². The van der Waals surface area contributed by atoms with Gasteiger partial charge in [-0.3, -0.25) is 4.99 Å². The van der Waals surface area contributed by atoms with Crippen molar-refractivity contribution in [1.82, 2.24) is 4.98 Å². The number of rotatable bonds is 4. The number of hydrogen-bond acceptors (Lipinski definition) is 1. The molecule has 0 aliphatic carbocycles. The van der Waals surface area contributed by atoms with Gasteiger partial charge in [0.1, 0.15) is 0 Å². The largest absolute Gasteiger partial charge is 0.360 e. The van der Waals surface area contributed by atoms with E-state index in [0.717, 1.165) is 17.1 Å². The molecular weight excluding hydrogens is 244 g/mol. The maximum absolute atomic E-state index is 4.93. The van der Waals surface area contributed by atoms with Crippen LogP contribution in [0.2, 0.25) is 0 Å². The summed E-state index contributed by atoms with van der Waals surface area (Å²) >= 11 is 0. The standard InChI is InChI=1S/C18H24N2/c1-12(2)15-8-6-9-16(13(3)4)18(15)20-14(5)17-10-7-11-19-17/h6-13,19H,1-5H3. The fourth-order valence-corrected chi connectivity index (χ4v) is 2.42. The Kier molecular flexibility index (Phi) is 4.43. The molecule has 0 atom stereocenters. The molecule has 0 bridgehead atoms. The summed E-state index contributed by atoms with van der Waals surface area (Å²) in [5.41, 5.74) is 5.90. The SMILES string of the molecule is CC(=Nc1c(C(C)C)cccc1C(C)C)c1ccc[nH]1. The van der Waals surface area contributed by atoms with Crippen molar-refractivity contribution < 1.29 is 0 Å². The first-order valence-corrected chi connectivity index (χ1v) is 7.32. The van der Waals surface area contributed by atoms with Crippen LogP contribution in [0.4, 0.5) is 5.69 Å². The first-order chi connectivity index (χ1) is 9.50. The number of aliphatic imine (C=N–C) groups is 1. The van der Waals surface area contributed by atoms with Crippen LogP contribution < -0.4 is 0 Å². The summed E-state index contributed by atoms with van der Waals surface area (Å²) < 4.78 is 0. The van der Waals surface area contributed by atoms with Gasteiger partial charge in [0, 0.05) is 6.20 Å². The molecule has 106 valence electrons. The number of aromatic amines is 1. The summed E-state index contributed by atoms with van der Waals surface area (Å²) in [6.45, 7) is 11.0. The highest BCUT2D eigenvalue weighted by atomic mass is 14.8. The van der Waals surface area contributed by atoms with Crippen molar-refractivity contribution in [2.45, 2.75) is 46.5 Å². The quantitative estimate of drug-likeness (QED) is 0.719. The van der Waals surface area contributed by atoms with Crippen LogP contribution in [0.25, 0.3) is 0 Å². The smallest absolute Gasteiger partial charge is 0.0702 e. The van der Waals surface area contributed by atoms with Crippen molar-refractivity contribution in [3.63, 3.8) is 0 Å². The Morgan fingerprint density at radius 1 is 0.950 bits per heavy atom. The highest BCUT2D eigenvalue weighted by Gasteiger charge is 2.13. The molecule has 20 heavy (non-hydrogen) atoms. The molecule has 1 aromatic carbocycles. The summed E-state index contributed by atoms with van der Waals surface area (Å²) in [6.07, 6.45) is 1.94. The van der Waals surface area contributed by atoms with E-state index < -0.39 is 0 Å². The van der Waals surface area contributed by atoms with Crippen LogP contribution in [-0.2, 0) is 0 Å². The third-order valence-electron chi connectivity index (χ3n) is 3.61. The number of nitrogens with zero attached hydrogens (tertiary/aromatic N) is 1. The predicted molar refractivity (Wildman–Crippen MR) is 87.3 cm³/mol. The Morgan fingerprint density at radius 2 is 1.55 bits per heavy atom. The molecule has 1 heterocycles. The Morgan fingerprint density at radius 3 is 2.00 bits per heavy atom. The second-order valence-corrected chi connectivity index (χ2v) is 5.88. The van der Waals surface area contributed by atoms with E-state index in [-0.39, 0.29) is 0 Å². The molecular formula is C18H24N2. The van der Waals surface area contributed by atoms with E-state index in [1.807, 2.05) is 12.3 Å². The van der Waals surface area contributed by atoms with Crippen molar-refractivity contribution >= 4 is 11.4 Å². The van der Waals surface area contributed by atoms with Crippen LogP contribution in [0.15, 0.2) is 41.5 Å². The molecule has 0 unspecified atom stereocenters. The lowest BCUT2D eigenvalue weighted by atomic mass is 9.93. The molecule has 0 aliphatic rings. The normalized spacial score (nSPS) is 12.4. The molecule has 0 spiro atoms. The topological polar surface area (TPSA) is 28.1 Å². The van der Waals surface area contributed by atoms with Gasteiger partial charge < -0.3 is 4.98 Å². The molecule has 0 fully saturated rings. The molecule has 0 saturated carbocycles. The van der Waals surface area contributed by atoms with Crippen LogP contribution in [0.5, 0.6) is 0 Å². The second kappa shape index (κ2) is 6.08. The number of para-hydroxylation sites is 1. The maximum Gasteiger partial charge on any atom is 0.0702 e. The summed E-state index contributed by atoms with van der Waals surface area (Å²) in [6, 6.07) is 10.6. The van der Waals surface area contributed by atoms with E-state index in [0.29, 0.717) is 11.8 Å². The average molecular weight is 268 g/mol. The van der Waals surface area contributed by atoms with E-state index in [1.165, 1.54) is 11.1 Å². The van der Waals surface area contributed by atoms with E-state index >= 15 is 0 Å². The summed E-state index contributed by atoms with van der Waals surface area (Å²) in [5, 5.41) is 0. The molecule has 1 aromatic heterocycles. The van der Waals surface area contributed by atoms with Crippen LogP contribution in [-0.4, -0.2) is 10.7 Å². The first kappa shape index (κ1) is 14.6. The number of H-pyrrole nitrogens is 1. The van der Waals surface area contributed by atoms with Crippen molar-refractivity contribution in [2.24, 2.45) is 4.99 Å². The highest BCUT2D eigenvalue weighted by Crippen LogP contribution is 2.35. The molecule has 2 rings (SSSR count). The van der Waals surface area contributed by atoms with Crippen LogP contribution in [0.3, 0.4) is 0 Å². The second-order valence-electron chi connectivity index (χ2n) is 5.88. The minimum atomic E-state index is 0.476. The molecule has 2 aromatic rings. The number of nitrogens with one attached hydrogen (secondary N) is 1. The molecule has 0 amide bonds. The maximum atomic E-state index is 4.93. The fourth-order valence-electron chi connectivity index (χ4n) is 2.42. The van der Waals surface area contributed by atoms with Gasteiger partial charge in [-0.15, -0.1) is 0 Å². The van der Waals surface area contributed by atoms with Crippen LogP contribution in [0, 0.1) is 0 Å². The van der Waals surface area contributed by atoms with Gasteiger partial charge in [-0.2, -0.15) is 0 Å². The van der Waals surface area contributed by atoms with Crippen molar-refractivity contribution in [1.29, 1.82) is 0 Å². The zero-order chi connectivity index (χ0) is 14.7. The highest BCUT2D eigenvalue weighted by molar-refractivity contribution is 5.99. The molecule has 0 saturated heterocycles. The van der Waals surface area contributed by atoms with Gasteiger partial charge in [0.15, 0.2) is 0 Å². The Labute approximate surface area is 122 Å². The minimum Gasteiger partial charge on any atom is -0.360 e. The van der Waals surface area contributed by atoms with E-state index in [4.69, 9.17) is 4.99 Å². The third-order valence-corrected chi connectivity index (χ3v) is 3.61. The molecule has 2 nitrogen and oxygen atoms in total. The predicted octanol–water partition coefficient (Wildman–Crippen LogP) is 5.40. The van der Waals surface area contributed by atoms with Gasteiger partial charge in [-0.05, 0) is 42.0 Å². The number of hydrogen-bond donors (Lipinski definition) is 1. The first-order valence-electron chi connectivity index (χ1n) is 7.32. The Hall–Kier alpha value is -1.83. The lowest BCUT2D eigenvalue weighted by molar-refractivity contribution is 0.834. The van der Waals surface area contributed by atoms with Gasteiger partial charge in [0.05, 0.1) is 17.1 Å². The monoisotopic (exact) mass is 268 g/mol. The van der Waals surface area contributed by atoms with E-state index in [1.54, 1.807) is 0 Å². The number of aromatic nitrogens is 1. The van der Waals surface area contributed by atoms with Crippen molar-refractivity contribution in [2.75, 3.05) is 0 Å². The third kappa shape index (κ3) is 3.01. The van der Waals surface area contributed by atoms with Gasteiger partial charge in [-0.1, -0.05) is 45.9 Å². The van der Waals surface area contributed by atoms with E-state index in [2.05, 4.69) is 63.9 Å². The fraction of sp³-hybridized carbons (Fsp3) is 0.389. The molecule has 2 heteroatoms. The lowest BCUT2D eigenvalue weighted by Gasteiger charge is -2.17. The molecule has 1 N–H and O–H groups in total. The average Bonchev–Trinajstić information content (AvgIpc) is 2.92. The Bertz CT molecular complexity index is 564. The minimum absolute atomic E-state index is 0.476. The number of benzene rings is 1.